The van der Waals surface area contributed by atoms with Gasteiger partial charge in [0.1, 0.15) is 12.4 Å². The number of rotatable bonds is 8. The number of halogens is 3. The minimum absolute atomic E-state index is 0.285. The minimum atomic E-state index is -0.362. The molecular formula is C24H20BrClFNO3. The number of hydrogen-bond donors (Lipinski definition) is 1. The summed E-state index contributed by atoms with van der Waals surface area (Å²) in [6, 6.07) is 16.6. The van der Waals surface area contributed by atoms with Crippen LogP contribution in [-0.2, 0) is 11.4 Å². The Labute approximate surface area is 193 Å². The Hall–Kier alpha value is -2.83. The van der Waals surface area contributed by atoms with Crippen LogP contribution >= 0.6 is 27.5 Å². The Bertz CT molecular complexity index is 1090. The third-order valence-corrected chi connectivity index (χ3v) is 5.16. The lowest BCUT2D eigenvalue weighted by Crippen LogP contribution is -2.07. The highest BCUT2D eigenvalue weighted by Gasteiger charge is 2.13. The van der Waals surface area contributed by atoms with E-state index < -0.39 is 0 Å². The number of amides is 1. The Morgan fingerprint density at radius 3 is 2.58 bits per heavy atom. The summed E-state index contributed by atoms with van der Waals surface area (Å²) < 4.78 is 25.4. The van der Waals surface area contributed by atoms with E-state index in [-0.39, 0.29) is 18.3 Å². The zero-order chi connectivity index (χ0) is 22.2. The number of anilines is 1. The quantitative estimate of drug-likeness (QED) is 0.341. The standard InChI is InChI=1S/C24H20BrClFNO3/c1-2-30-22-14-16(7-12-23(29)28-19-10-8-18(27)9-11-19)13-20(25)24(22)31-15-17-5-3-4-6-21(17)26/h3-14H,2,15H2,1H3,(H,28,29)/b12-7+. The van der Waals surface area contributed by atoms with Crippen LogP contribution < -0.4 is 14.8 Å². The first-order valence-corrected chi connectivity index (χ1v) is 10.7. The molecule has 0 bridgehead atoms. The molecular weight excluding hydrogens is 485 g/mol. The number of ether oxygens (including phenoxy) is 2. The normalized spacial score (nSPS) is 10.8. The zero-order valence-electron chi connectivity index (χ0n) is 16.7. The largest absolute Gasteiger partial charge is 0.490 e. The fourth-order valence-electron chi connectivity index (χ4n) is 2.74. The van der Waals surface area contributed by atoms with Crippen LogP contribution in [0.1, 0.15) is 18.1 Å². The lowest BCUT2D eigenvalue weighted by Gasteiger charge is -2.15. The molecule has 0 radical (unpaired) electrons. The summed E-state index contributed by atoms with van der Waals surface area (Å²) in [5, 5.41) is 3.30. The molecule has 3 rings (SSSR count). The number of benzene rings is 3. The van der Waals surface area contributed by atoms with Crippen LogP contribution in [0.4, 0.5) is 10.1 Å². The smallest absolute Gasteiger partial charge is 0.248 e. The molecule has 0 saturated carbocycles. The second-order valence-electron chi connectivity index (χ2n) is 6.47. The van der Waals surface area contributed by atoms with Gasteiger partial charge in [0.2, 0.25) is 5.91 Å². The van der Waals surface area contributed by atoms with E-state index in [0.717, 1.165) is 11.1 Å². The van der Waals surface area contributed by atoms with Crippen LogP contribution in [0.3, 0.4) is 0 Å². The molecule has 1 amide bonds. The lowest BCUT2D eigenvalue weighted by atomic mass is 10.1. The predicted molar refractivity (Wildman–Crippen MR) is 125 cm³/mol. The SMILES string of the molecule is CCOc1cc(/C=C/C(=O)Nc2ccc(F)cc2)cc(Br)c1OCc1ccccc1Cl. The van der Waals surface area contributed by atoms with Crippen LogP contribution in [0.25, 0.3) is 6.08 Å². The van der Waals surface area contributed by atoms with Crippen molar-refractivity contribution in [3.05, 3.63) is 93.2 Å². The van der Waals surface area contributed by atoms with E-state index in [9.17, 15) is 9.18 Å². The maximum absolute atomic E-state index is 13.0. The van der Waals surface area contributed by atoms with Crippen molar-refractivity contribution in [2.75, 3.05) is 11.9 Å². The first-order chi connectivity index (χ1) is 15.0. The van der Waals surface area contributed by atoms with Gasteiger partial charge >= 0.3 is 0 Å². The summed E-state index contributed by atoms with van der Waals surface area (Å²) >= 11 is 9.72. The van der Waals surface area contributed by atoms with Crippen molar-refractivity contribution in [2.24, 2.45) is 0 Å². The maximum Gasteiger partial charge on any atom is 0.248 e. The summed E-state index contributed by atoms with van der Waals surface area (Å²) in [6.07, 6.45) is 3.05. The fourth-order valence-corrected chi connectivity index (χ4v) is 3.51. The van der Waals surface area contributed by atoms with Gasteiger partial charge < -0.3 is 14.8 Å². The van der Waals surface area contributed by atoms with Crippen LogP contribution in [0.2, 0.25) is 5.02 Å². The number of nitrogens with one attached hydrogen (secondary N) is 1. The van der Waals surface area contributed by atoms with Crippen LogP contribution in [-0.4, -0.2) is 12.5 Å². The topological polar surface area (TPSA) is 47.6 Å². The van der Waals surface area contributed by atoms with E-state index in [1.54, 1.807) is 12.1 Å². The van der Waals surface area contributed by atoms with Gasteiger partial charge in [0.25, 0.3) is 0 Å². The molecule has 0 spiro atoms. The van der Waals surface area contributed by atoms with E-state index in [1.165, 1.54) is 30.3 Å². The molecule has 0 saturated heterocycles. The monoisotopic (exact) mass is 503 g/mol. The molecule has 0 atom stereocenters. The molecule has 0 aliphatic rings. The predicted octanol–water partition coefficient (Wildman–Crippen LogP) is 6.87. The molecule has 4 nitrogen and oxygen atoms in total. The summed E-state index contributed by atoms with van der Waals surface area (Å²) in [7, 11) is 0. The van der Waals surface area contributed by atoms with Crippen molar-refractivity contribution in [1.29, 1.82) is 0 Å². The van der Waals surface area contributed by atoms with E-state index in [2.05, 4.69) is 21.2 Å². The second kappa shape index (κ2) is 11.0. The zero-order valence-corrected chi connectivity index (χ0v) is 19.0. The maximum atomic E-state index is 13.0. The second-order valence-corrected chi connectivity index (χ2v) is 7.73. The first kappa shape index (κ1) is 22.8. The van der Waals surface area contributed by atoms with E-state index >= 15 is 0 Å². The first-order valence-electron chi connectivity index (χ1n) is 9.53. The number of hydrogen-bond acceptors (Lipinski definition) is 3. The number of carbonyl (C=O) groups excluding carboxylic acids is 1. The highest BCUT2D eigenvalue weighted by atomic mass is 79.9. The lowest BCUT2D eigenvalue weighted by molar-refractivity contribution is -0.111. The number of carbonyl (C=O) groups is 1. The van der Waals surface area contributed by atoms with Crippen LogP contribution in [0, 0.1) is 5.82 Å². The molecule has 0 aromatic heterocycles. The van der Waals surface area contributed by atoms with E-state index in [0.29, 0.717) is 33.3 Å². The molecule has 0 fully saturated rings. The Morgan fingerprint density at radius 2 is 1.87 bits per heavy atom. The van der Waals surface area contributed by atoms with E-state index in [4.69, 9.17) is 21.1 Å². The van der Waals surface area contributed by atoms with Crippen LogP contribution in [0.15, 0.2) is 71.2 Å². The molecule has 0 aliphatic heterocycles. The van der Waals surface area contributed by atoms with Crippen molar-refractivity contribution in [3.63, 3.8) is 0 Å². The molecule has 160 valence electrons. The molecule has 7 heteroatoms. The summed E-state index contributed by atoms with van der Waals surface area (Å²) in [6.45, 7) is 2.62. The van der Waals surface area contributed by atoms with Gasteiger partial charge in [-0.3, -0.25) is 4.79 Å². The van der Waals surface area contributed by atoms with Gasteiger partial charge in [-0.15, -0.1) is 0 Å². The van der Waals surface area contributed by atoms with Gasteiger partial charge in [-0.25, -0.2) is 4.39 Å². The van der Waals surface area contributed by atoms with Gasteiger partial charge in [-0.05, 0) is 77.0 Å². The Balaban J connectivity index is 1.74. The average Bonchev–Trinajstić information content (AvgIpc) is 2.75. The molecule has 1 N–H and O–H groups in total. The van der Waals surface area contributed by atoms with Gasteiger partial charge in [0.15, 0.2) is 11.5 Å². The van der Waals surface area contributed by atoms with Gasteiger partial charge in [-0.2, -0.15) is 0 Å². The van der Waals surface area contributed by atoms with Crippen LogP contribution in [0.5, 0.6) is 11.5 Å². The Kier molecular flexibility index (Phi) is 8.09. The molecule has 3 aromatic carbocycles. The van der Waals surface area contributed by atoms with Crippen molar-refractivity contribution >= 4 is 45.2 Å². The van der Waals surface area contributed by atoms with Gasteiger partial charge in [0, 0.05) is 22.3 Å². The highest BCUT2D eigenvalue weighted by Crippen LogP contribution is 2.38. The molecule has 31 heavy (non-hydrogen) atoms. The molecule has 0 aliphatic carbocycles. The minimum Gasteiger partial charge on any atom is -0.490 e. The Morgan fingerprint density at radius 1 is 1.13 bits per heavy atom. The molecule has 3 aromatic rings. The summed E-state index contributed by atoms with van der Waals surface area (Å²) in [5.74, 6) is 0.399. The summed E-state index contributed by atoms with van der Waals surface area (Å²) in [5.41, 5.74) is 2.12. The van der Waals surface area contributed by atoms with Crippen molar-refractivity contribution < 1.29 is 18.7 Å². The fraction of sp³-hybridized carbons (Fsp3) is 0.125. The van der Waals surface area contributed by atoms with Crippen molar-refractivity contribution in [2.45, 2.75) is 13.5 Å². The molecule has 0 heterocycles. The molecule has 0 unspecified atom stereocenters. The van der Waals surface area contributed by atoms with Crippen molar-refractivity contribution in [3.8, 4) is 11.5 Å². The van der Waals surface area contributed by atoms with Gasteiger partial charge in [-0.1, -0.05) is 29.8 Å². The summed E-state index contributed by atoms with van der Waals surface area (Å²) in [4.78, 5) is 12.2. The highest BCUT2D eigenvalue weighted by molar-refractivity contribution is 9.10. The average molecular weight is 505 g/mol. The van der Waals surface area contributed by atoms with Gasteiger partial charge in [0.05, 0.1) is 11.1 Å². The van der Waals surface area contributed by atoms with Crippen molar-refractivity contribution in [1.82, 2.24) is 0 Å². The third-order valence-electron chi connectivity index (χ3n) is 4.20. The van der Waals surface area contributed by atoms with E-state index in [1.807, 2.05) is 37.3 Å². The third kappa shape index (κ3) is 6.57.